The van der Waals surface area contributed by atoms with Crippen LogP contribution in [0.2, 0.25) is 0 Å². The smallest absolute Gasteiger partial charge is 0.226 e. The maximum Gasteiger partial charge on any atom is 0.226 e. The minimum Gasteiger partial charge on any atom is -0.469 e. The van der Waals surface area contributed by atoms with E-state index < -0.39 is 0 Å². The highest BCUT2D eigenvalue weighted by atomic mass is 16.3. The highest BCUT2D eigenvalue weighted by Gasteiger charge is 2.47. The minimum absolute atomic E-state index is 0.0990. The van der Waals surface area contributed by atoms with Crippen LogP contribution in [0.1, 0.15) is 30.2 Å². The Hall–Kier alpha value is -2.37. The number of nitrogens with zero attached hydrogens (tertiary/aromatic N) is 4. The van der Waals surface area contributed by atoms with Gasteiger partial charge in [0.2, 0.25) is 5.91 Å². The van der Waals surface area contributed by atoms with Crippen molar-refractivity contribution in [2.75, 3.05) is 31.1 Å². The van der Waals surface area contributed by atoms with Gasteiger partial charge < -0.3 is 14.2 Å². The Morgan fingerprint density at radius 2 is 2.08 bits per heavy atom. The van der Waals surface area contributed by atoms with Crippen molar-refractivity contribution in [3.05, 3.63) is 42.0 Å². The predicted molar refractivity (Wildman–Crippen MR) is 89.7 cm³/mol. The number of hydrogen-bond acceptors (Lipinski definition) is 5. The maximum absolute atomic E-state index is 12.7. The molecule has 6 nitrogen and oxygen atoms in total. The van der Waals surface area contributed by atoms with Gasteiger partial charge in [0.25, 0.3) is 0 Å². The Labute approximate surface area is 141 Å². The van der Waals surface area contributed by atoms with E-state index in [9.17, 15) is 4.79 Å². The summed E-state index contributed by atoms with van der Waals surface area (Å²) in [4.78, 5) is 17.0. The molecule has 2 aromatic heterocycles. The maximum atomic E-state index is 12.7. The Balaban J connectivity index is 1.36. The van der Waals surface area contributed by atoms with Crippen molar-refractivity contribution in [1.29, 1.82) is 0 Å². The molecule has 2 aliphatic rings. The zero-order chi connectivity index (χ0) is 16.5. The zero-order valence-corrected chi connectivity index (χ0v) is 13.9. The van der Waals surface area contributed by atoms with Crippen molar-refractivity contribution in [1.82, 2.24) is 15.1 Å². The summed E-state index contributed by atoms with van der Waals surface area (Å²) >= 11 is 0. The van der Waals surface area contributed by atoms with Gasteiger partial charge in [-0.15, -0.1) is 5.10 Å². The zero-order valence-electron chi connectivity index (χ0n) is 13.9. The van der Waals surface area contributed by atoms with E-state index in [0.29, 0.717) is 0 Å². The van der Waals surface area contributed by atoms with E-state index in [1.807, 2.05) is 36.1 Å². The number of anilines is 1. The first kappa shape index (κ1) is 15.2. The second-order valence-corrected chi connectivity index (χ2v) is 6.66. The molecule has 126 valence electrons. The van der Waals surface area contributed by atoms with Crippen LogP contribution in [0.5, 0.6) is 0 Å². The number of hydrogen-bond donors (Lipinski definition) is 0. The van der Waals surface area contributed by atoms with E-state index in [2.05, 4.69) is 15.1 Å². The molecule has 3 heterocycles. The van der Waals surface area contributed by atoms with Gasteiger partial charge in [0.15, 0.2) is 5.82 Å². The molecule has 0 N–H and O–H groups in total. The van der Waals surface area contributed by atoms with Crippen molar-refractivity contribution in [3.8, 4) is 0 Å². The second-order valence-electron chi connectivity index (χ2n) is 6.66. The predicted octanol–water partition coefficient (Wildman–Crippen LogP) is 2.22. The first-order valence-corrected chi connectivity index (χ1v) is 8.60. The summed E-state index contributed by atoms with van der Waals surface area (Å²) in [6.45, 7) is 5.21. The van der Waals surface area contributed by atoms with Crippen LogP contribution in [-0.4, -0.2) is 47.2 Å². The molecule has 2 aromatic rings. The molecule has 24 heavy (non-hydrogen) atoms. The van der Waals surface area contributed by atoms with E-state index in [0.717, 1.165) is 56.3 Å². The normalized spacial score (nSPS) is 23.9. The summed E-state index contributed by atoms with van der Waals surface area (Å²) in [6, 6.07) is 7.85. The lowest BCUT2D eigenvalue weighted by atomic mass is 10.2. The van der Waals surface area contributed by atoms with E-state index in [1.165, 1.54) is 0 Å². The monoisotopic (exact) mass is 326 g/mol. The minimum atomic E-state index is 0.0990. The molecule has 1 saturated carbocycles. The summed E-state index contributed by atoms with van der Waals surface area (Å²) in [7, 11) is 0. The van der Waals surface area contributed by atoms with Gasteiger partial charge in [0.1, 0.15) is 5.76 Å². The molecular formula is C18H22N4O2. The van der Waals surface area contributed by atoms with Crippen LogP contribution in [-0.2, 0) is 4.79 Å². The molecule has 0 unspecified atom stereocenters. The van der Waals surface area contributed by atoms with Crippen molar-refractivity contribution < 1.29 is 9.21 Å². The average molecular weight is 326 g/mol. The van der Waals surface area contributed by atoms with Crippen molar-refractivity contribution in [2.45, 2.75) is 25.7 Å². The fourth-order valence-electron chi connectivity index (χ4n) is 3.45. The molecule has 1 saturated heterocycles. The number of carbonyl (C=O) groups excluding carboxylic acids is 1. The second kappa shape index (κ2) is 6.26. The van der Waals surface area contributed by atoms with E-state index in [-0.39, 0.29) is 17.7 Å². The molecule has 0 bridgehead atoms. The van der Waals surface area contributed by atoms with Crippen LogP contribution in [0, 0.1) is 12.8 Å². The number of amides is 1. The molecule has 1 amide bonds. The topological polar surface area (TPSA) is 62.5 Å². The first-order chi connectivity index (χ1) is 11.7. The van der Waals surface area contributed by atoms with Crippen LogP contribution >= 0.6 is 0 Å². The third kappa shape index (κ3) is 3.00. The molecule has 2 atom stereocenters. The van der Waals surface area contributed by atoms with Crippen molar-refractivity contribution in [2.24, 2.45) is 5.92 Å². The molecule has 0 spiro atoms. The molecular weight excluding hydrogens is 304 g/mol. The fraction of sp³-hybridized carbons (Fsp3) is 0.500. The van der Waals surface area contributed by atoms with Crippen molar-refractivity contribution >= 4 is 11.7 Å². The molecule has 6 heteroatoms. The quantitative estimate of drug-likeness (QED) is 0.865. The van der Waals surface area contributed by atoms with Gasteiger partial charge in [-0.2, -0.15) is 5.10 Å². The Morgan fingerprint density at radius 1 is 1.17 bits per heavy atom. The molecule has 2 fully saturated rings. The van der Waals surface area contributed by atoms with Gasteiger partial charge in [-0.3, -0.25) is 4.79 Å². The summed E-state index contributed by atoms with van der Waals surface area (Å²) in [6.07, 6.45) is 3.55. The lowest BCUT2D eigenvalue weighted by Gasteiger charge is -2.22. The van der Waals surface area contributed by atoms with Crippen LogP contribution in [0.25, 0.3) is 0 Å². The highest BCUT2D eigenvalue weighted by Crippen LogP contribution is 2.48. The van der Waals surface area contributed by atoms with Gasteiger partial charge in [-0.05, 0) is 44.0 Å². The highest BCUT2D eigenvalue weighted by molar-refractivity contribution is 5.83. The molecule has 0 radical (unpaired) electrons. The standard InChI is InChI=1S/C18H22N4O2/c1-13-5-6-17(20-19-13)21-7-3-8-22(10-9-21)18(23)15-12-14(15)16-4-2-11-24-16/h2,4-6,11,14-15H,3,7-10,12H2,1H3/t14-,15-/m1/s1. The van der Waals surface area contributed by atoms with Crippen LogP contribution in [0.15, 0.2) is 34.9 Å². The fourth-order valence-corrected chi connectivity index (χ4v) is 3.45. The van der Waals surface area contributed by atoms with E-state index in [4.69, 9.17) is 4.42 Å². The third-order valence-corrected chi connectivity index (χ3v) is 4.93. The van der Waals surface area contributed by atoms with Gasteiger partial charge >= 0.3 is 0 Å². The lowest BCUT2D eigenvalue weighted by molar-refractivity contribution is -0.132. The number of carbonyl (C=O) groups is 1. The number of aromatic nitrogens is 2. The Bertz CT molecular complexity index is 698. The number of aryl methyl sites for hydroxylation is 1. The Morgan fingerprint density at radius 3 is 2.83 bits per heavy atom. The average Bonchev–Trinajstić information content (AvgIpc) is 3.29. The molecule has 4 rings (SSSR count). The summed E-state index contributed by atoms with van der Waals surface area (Å²) in [5.41, 5.74) is 0.920. The first-order valence-electron chi connectivity index (χ1n) is 8.60. The molecule has 1 aliphatic heterocycles. The largest absolute Gasteiger partial charge is 0.469 e. The summed E-state index contributed by atoms with van der Waals surface area (Å²) in [5.74, 6) is 2.49. The van der Waals surface area contributed by atoms with Crippen LogP contribution < -0.4 is 4.90 Å². The van der Waals surface area contributed by atoms with Crippen molar-refractivity contribution in [3.63, 3.8) is 0 Å². The van der Waals surface area contributed by atoms with Gasteiger partial charge in [-0.1, -0.05) is 0 Å². The SMILES string of the molecule is Cc1ccc(N2CCCN(C(=O)[C@@H]3C[C@H]3c3ccco3)CC2)nn1. The summed E-state index contributed by atoms with van der Waals surface area (Å²) in [5, 5.41) is 8.40. The molecule has 1 aliphatic carbocycles. The van der Waals surface area contributed by atoms with Gasteiger partial charge in [0, 0.05) is 38.0 Å². The van der Waals surface area contributed by atoms with Crippen LogP contribution in [0.4, 0.5) is 5.82 Å². The number of rotatable bonds is 3. The van der Waals surface area contributed by atoms with Crippen LogP contribution in [0.3, 0.4) is 0 Å². The number of furan rings is 1. The third-order valence-electron chi connectivity index (χ3n) is 4.93. The van der Waals surface area contributed by atoms with E-state index in [1.54, 1.807) is 6.26 Å². The van der Waals surface area contributed by atoms with Gasteiger partial charge in [0.05, 0.1) is 12.0 Å². The molecule has 0 aromatic carbocycles. The van der Waals surface area contributed by atoms with E-state index >= 15 is 0 Å². The summed E-state index contributed by atoms with van der Waals surface area (Å²) < 4.78 is 5.44. The lowest BCUT2D eigenvalue weighted by Crippen LogP contribution is -2.36. The Kier molecular flexibility index (Phi) is 3.96. The van der Waals surface area contributed by atoms with Gasteiger partial charge in [-0.25, -0.2) is 0 Å².